The summed E-state index contributed by atoms with van der Waals surface area (Å²) in [7, 11) is 0. The Balaban J connectivity index is 2.63. The number of benzene rings is 1. The van der Waals surface area contributed by atoms with Crippen molar-refractivity contribution < 1.29 is 9.52 Å². The summed E-state index contributed by atoms with van der Waals surface area (Å²) in [5.74, 6) is 0.383. The van der Waals surface area contributed by atoms with Crippen LogP contribution < -0.4 is 0 Å². The molecule has 1 heterocycles. The van der Waals surface area contributed by atoms with Gasteiger partial charge in [-0.3, -0.25) is 0 Å². The predicted octanol–water partition coefficient (Wildman–Crippen LogP) is 1.60. The first kappa shape index (κ1) is 7.62. The number of hydrogen-bond acceptors (Lipinski definition) is 4. The molecule has 64 valence electrons. The van der Waals surface area contributed by atoms with Gasteiger partial charge in [-0.1, -0.05) is 6.07 Å². The van der Waals surface area contributed by atoms with Crippen LogP contribution in [0.4, 0.5) is 0 Å². The highest BCUT2D eigenvalue weighted by atomic mass is 16.4. The van der Waals surface area contributed by atoms with Gasteiger partial charge in [0.25, 0.3) is 0 Å². The molecule has 2 aromatic rings. The zero-order chi connectivity index (χ0) is 9.26. The molecule has 4 heteroatoms. The minimum Gasteiger partial charge on any atom is -0.504 e. The Hall–Kier alpha value is -2.02. The Bertz CT molecular complexity index is 482. The van der Waals surface area contributed by atoms with E-state index >= 15 is 0 Å². The van der Waals surface area contributed by atoms with Crippen LogP contribution in [0.2, 0.25) is 0 Å². The number of rotatable bonds is 1. The van der Waals surface area contributed by atoms with Gasteiger partial charge in [0, 0.05) is 0 Å². The molecular formula is C9H6N2O2. The van der Waals surface area contributed by atoms with Crippen molar-refractivity contribution >= 4 is 11.1 Å². The van der Waals surface area contributed by atoms with Crippen molar-refractivity contribution in [3.05, 3.63) is 24.1 Å². The van der Waals surface area contributed by atoms with Crippen LogP contribution in [0, 0.1) is 11.3 Å². The third-order valence-corrected chi connectivity index (χ3v) is 1.67. The number of hydrogen-bond donors (Lipinski definition) is 1. The van der Waals surface area contributed by atoms with Crippen molar-refractivity contribution in [2.75, 3.05) is 0 Å². The van der Waals surface area contributed by atoms with E-state index < -0.39 is 0 Å². The quantitative estimate of drug-likeness (QED) is 0.712. The van der Waals surface area contributed by atoms with Crippen LogP contribution in [0.25, 0.3) is 11.1 Å². The first-order valence-corrected chi connectivity index (χ1v) is 3.75. The average molecular weight is 174 g/mol. The largest absolute Gasteiger partial charge is 0.504 e. The van der Waals surface area contributed by atoms with Crippen molar-refractivity contribution in [2.24, 2.45) is 0 Å². The molecule has 1 N–H and O–H groups in total. The molecule has 0 saturated carbocycles. The van der Waals surface area contributed by atoms with E-state index in [9.17, 15) is 5.11 Å². The zero-order valence-electron chi connectivity index (χ0n) is 6.69. The first-order chi connectivity index (χ1) is 6.31. The summed E-state index contributed by atoms with van der Waals surface area (Å²) in [6.07, 6.45) is 0.119. The maximum atomic E-state index is 9.34. The fourth-order valence-electron chi connectivity index (χ4n) is 1.12. The SMILES string of the molecule is N#CCc1nc2cccc(O)c2o1. The maximum absolute atomic E-state index is 9.34. The number of phenolic OH excluding ortho intramolecular Hbond substituents is 1. The minimum absolute atomic E-state index is 0.0502. The highest BCUT2D eigenvalue weighted by molar-refractivity contribution is 5.78. The lowest BCUT2D eigenvalue weighted by molar-refractivity contribution is 0.458. The van der Waals surface area contributed by atoms with E-state index in [-0.39, 0.29) is 12.2 Å². The predicted molar refractivity (Wildman–Crippen MR) is 45.0 cm³/mol. The zero-order valence-corrected chi connectivity index (χ0v) is 6.69. The monoisotopic (exact) mass is 174 g/mol. The lowest BCUT2D eigenvalue weighted by Gasteiger charge is -1.88. The van der Waals surface area contributed by atoms with Gasteiger partial charge in [0.15, 0.2) is 11.3 Å². The van der Waals surface area contributed by atoms with Gasteiger partial charge < -0.3 is 9.52 Å². The Morgan fingerprint density at radius 2 is 2.38 bits per heavy atom. The summed E-state index contributed by atoms with van der Waals surface area (Å²) in [5.41, 5.74) is 0.915. The molecule has 0 bridgehead atoms. The molecule has 0 atom stereocenters. The summed E-state index contributed by atoms with van der Waals surface area (Å²) in [5, 5.41) is 17.7. The molecule has 0 amide bonds. The molecule has 1 aromatic carbocycles. The van der Waals surface area contributed by atoms with Gasteiger partial charge in [-0.15, -0.1) is 0 Å². The van der Waals surface area contributed by atoms with Gasteiger partial charge in [0.2, 0.25) is 5.89 Å². The molecule has 13 heavy (non-hydrogen) atoms. The molecule has 0 spiro atoms. The van der Waals surface area contributed by atoms with E-state index in [0.29, 0.717) is 17.0 Å². The van der Waals surface area contributed by atoms with Crippen LogP contribution >= 0.6 is 0 Å². The standard InChI is InChI=1S/C9H6N2O2/c10-5-4-8-11-6-2-1-3-7(12)9(6)13-8/h1-3,12H,4H2. The summed E-state index contributed by atoms with van der Waals surface area (Å²) in [6.45, 7) is 0. The Labute approximate surface area is 74.0 Å². The third-order valence-electron chi connectivity index (χ3n) is 1.67. The second-order valence-corrected chi connectivity index (χ2v) is 2.57. The lowest BCUT2D eigenvalue weighted by atomic mass is 10.3. The Kier molecular flexibility index (Phi) is 1.64. The van der Waals surface area contributed by atoms with Gasteiger partial charge >= 0.3 is 0 Å². The summed E-state index contributed by atoms with van der Waals surface area (Å²) < 4.78 is 5.16. The van der Waals surface area contributed by atoms with Crippen LogP contribution in [0.15, 0.2) is 22.6 Å². The molecule has 0 aliphatic rings. The second-order valence-electron chi connectivity index (χ2n) is 2.57. The van der Waals surface area contributed by atoms with Gasteiger partial charge in [0.05, 0.1) is 6.07 Å². The summed E-state index contributed by atoms with van der Waals surface area (Å²) >= 11 is 0. The number of para-hydroxylation sites is 1. The molecule has 0 radical (unpaired) electrons. The molecule has 0 aliphatic carbocycles. The van der Waals surface area contributed by atoms with Crippen LogP contribution in [0.3, 0.4) is 0 Å². The highest BCUT2D eigenvalue weighted by Crippen LogP contribution is 2.24. The highest BCUT2D eigenvalue weighted by Gasteiger charge is 2.07. The van der Waals surface area contributed by atoms with Crippen LogP contribution in [0.1, 0.15) is 5.89 Å². The summed E-state index contributed by atoms with van der Waals surface area (Å²) in [6, 6.07) is 6.84. The molecule has 0 aliphatic heterocycles. The van der Waals surface area contributed by atoms with Crippen molar-refractivity contribution in [1.29, 1.82) is 5.26 Å². The molecule has 0 unspecified atom stereocenters. The number of nitrogens with zero attached hydrogens (tertiary/aromatic N) is 2. The number of fused-ring (bicyclic) bond motifs is 1. The smallest absolute Gasteiger partial charge is 0.209 e. The van der Waals surface area contributed by atoms with Gasteiger partial charge in [-0.2, -0.15) is 5.26 Å². The number of phenols is 1. The Morgan fingerprint density at radius 3 is 3.08 bits per heavy atom. The van der Waals surface area contributed by atoms with E-state index in [1.807, 2.05) is 6.07 Å². The molecular weight excluding hydrogens is 168 g/mol. The molecule has 0 saturated heterocycles. The van der Waals surface area contributed by atoms with E-state index in [1.54, 1.807) is 12.1 Å². The van der Waals surface area contributed by atoms with Gasteiger partial charge in [-0.25, -0.2) is 4.98 Å². The average Bonchev–Trinajstić information content (AvgIpc) is 2.49. The van der Waals surface area contributed by atoms with Crippen LogP contribution in [-0.2, 0) is 6.42 Å². The van der Waals surface area contributed by atoms with Crippen molar-refractivity contribution in [1.82, 2.24) is 4.98 Å². The third kappa shape index (κ3) is 1.20. The topological polar surface area (TPSA) is 70.0 Å². The Morgan fingerprint density at radius 1 is 1.54 bits per heavy atom. The van der Waals surface area contributed by atoms with Crippen molar-refractivity contribution in [3.63, 3.8) is 0 Å². The van der Waals surface area contributed by atoms with Crippen LogP contribution in [0.5, 0.6) is 5.75 Å². The van der Waals surface area contributed by atoms with Gasteiger partial charge in [0.1, 0.15) is 11.9 Å². The number of aromatic hydroxyl groups is 1. The molecule has 0 fully saturated rings. The molecule has 4 nitrogen and oxygen atoms in total. The van der Waals surface area contributed by atoms with Crippen molar-refractivity contribution in [3.8, 4) is 11.8 Å². The fourth-order valence-corrected chi connectivity index (χ4v) is 1.12. The first-order valence-electron chi connectivity index (χ1n) is 3.75. The molecule has 2 rings (SSSR count). The van der Waals surface area contributed by atoms with Gasteiger partial charge in [-0.05, 0) is 12.1 Å². The number of nitriles is 1. The van der Waals surface area contributed by atoms with E-state index in [1.165, 1.54) is 6.07 Å². The second kappa shape index (κ2) is 2.79. The fraction of sp³-hybridized carbons (Fsp3) is 0.111. The maximum Gasteiger partial charge on any atom is 0.209 e. The van der Waals surface area contributed by atoms with E-state index in [2.05, 4.69) is 4.98 Å². The van der Waals surface area contributed by atoms with Crippen molar-refractivity contribution in [2.45, 2.75) is 6.42 Å². The minimum atomic E-state index is 0.0502. The summed E-state index contributed by atoms with van der Waals surface area (Å²) in [4.78, 5) is 4.01. The van der Waals surface area contributed by atoms with Crippen LogP contribution in [-0.4, -0.2) is 10.1 Å². The molecule has 1 aromatic heterocycles. The van der Waals surface area contributed by atoms with E-state index in [0.717, 1.165) is 0 Å². The lowest BCUT2D eigenvalue weighted by Crippen LogP contribution is -1.77. The number of oxazole rings is 1. The number of aromatic nitrogens is 1. The van der Waals surface area contributed by atoms with E-state index in [4.69, 9.17) is 9.68 Å². The normalized spacial score (nSPS) is 10.1.